The maximum atomic E-state index is 4.52. The third-order valence-electron chi connectivity index (χ3n) is 2.23. The molecule has 0 N–H and O–H groups in total. The molecule has 9 heteroatoms. The zero-order valence-corrected chi connectivity index (χ0v) is 13.2. The van der Waals surface area contributed by atoms with Gasteiger partial charge >= 0.3 is 0 Å². The molecule has 1 unspecified atom stereocenters. The van der Waals surface area contributed by atoms with Crippen LogP contribution in [0, 0.1) is 6.92 Å². The minimum Gasteiger partial charge on any atom is -0.345 e. The lowest BCUT2D eigenvalue weighted by Crippen LogP contribution is -2.11. The number of aromatic nitrogens is 5. The number of rotatable bonds is 3. The van der Waals surface area contributed by atoms with Crippen molar-refractivity contribution in [2.24, 2.45) is 7.05 Å². The van der Waals surface area contributed by atoms with Gasteiger partial charge in [0.05, 0.1) is 18.8 Å². The first-order chi connectivity index (χ1) is 7.99. The zero-order chi connectivity index (χ0) is 12.6. The summed E-state index contributed by atoms with van der Waals surface area (Å²) in [6, 6.07) is 0. The smallest absolute Gasteiger partial charge is 0.248 e. The molecular formula is C8H15N6P3. The molecule has 6 nitrogen and oxygen atoms in total. The Balaban J connectivity index is 2.30. The highest BCUT2D eigenvalue weighted by Gasteiger charge is 2.17. The summed E-state index contributed by atoms with van der Waals surface area (Å²) in [6.45, 7) is 4.27. The van der Waals surface area contributed by atoms with Crippen molar-refractivity contribution < 1.29 is 0 Å². The van der Waals surface area contributed by atoms with E-state index in [1.54, 1.807) is 0 Å². The first-order valence-corrected chi connectivity index (χ1v) is 8.47. The Labute approximate surface area is 105 Å². The second-order valence-electron chi connectivity index (χ2n) is 3.87. The highest BCUT2D eigenvalue weighted by atomic mass is 31.2. The lowest BCUT2D eigenvalue weighted by Gasteiger charge is -2.09. The summed E-state index contributed by atoms with van der Waals surface area (Å²) in [7, 11) is 7.53. The predicted octanol–water partition coefficient (Wildman–Crippen LogP) is 1.75. The molecule has 92 valence electrons. The summed E-state index contributed by atoms with van der Waals surface area (Å²) >= 11 is 0. The van der Waals surface area contributed by atoms with Crippen LogP contribution in [0.3, 0.4) is 0 Å². The summed E-state index contributed by atoms with van der Waals surface area (Å²) in [5, 5.41) is 10.3. The maximum Gasteiger partial charge on any atom is 0.248 e. The van der Waals surface area contributed by atoms with Gasteiger partial charge in [0.1, 0.15) is 0 Å². The molecule has 2 heterocycles. The van der Waals surface area contributed by atoms with Gasteiger partial charge in [-0.3, -0.25) is 0 Å². The standard InChI is InChI=1S/C8H15N6P3/c1-6-7(15-13(4)9-6)17(5)14-10-8(11-16-14)12(2)3/h1-5H3. The van der Waals surface area contributed by atoms with Gasteiger partial charge in [0.2, 0.25) is 5.95 Å². The first-order valence-electron chi connectivity index (χ1n) is 5.08. The van der Waals surface area contributed by atoms with Crippen LogP contribution in [-0.4, -0.2) is 44.4 Å². The first kappa shape index (κ1) is 12.9. The van der Waals surface area contributed by atoms with Crippen LogP contribution in [0.5, 0.6) is 0 Å². The number of nitrogens with zero attached hydrogens (tertiary/aromatic N) is 6. The third-order valence-corrected chi connectivity index (χ3v) is 7.38. The molecular weight excluding hydrogens is 273 g/mol. The molecule has 0 spiro atoms. The van der Waals surface area contributed by atoms with Gasteiger partial charge in [0.25, 0.3) is 0 Å². The Morgan fingerprint density at radius 2 is 2.00 bits per heavy atom. The summed E-state index contributed by atoms with van der Waals surface area (Å²) < 4.78 is 8.37. The van der Waals surface area contributed by atoms with Crippen molar-refractivity contribution in [2.45, 2.75) is 6.92 Å². The Morgan fingerprint density at radius 3 is 2.47 bits per heavy atom. The fourth-order valence-corrected chi connectivity index (χ4v) is 5.66. The van der Waals surface area contributed by atoms with Crippen molar-refractivity contribution in [1.29, 1.82) is 0 Å². The van der Waals surface area contributed by atoms with E-state index in [2.05, 4.69) is 28.5 Å². The maximum absolute atomic E-state index is 4.52. The molecule has 0 bridgehead atoms. The molecule has 0 fully saturated rings. The van der Waals surface area contributed by atoms with E-state index in [9.17, 15) is 0 Å². The van der Waals surface area contributed by atoms with Crippen LogP contribution in [0.25, 0.3) is 0 Å². The van der Waals surface area contributed by atoms with Crippen molar-refractivity contribution in [2.75, 3.05) is 25.7 Å². The molecule has 0 radical (unpaired) electrons. The van der Waals surface area contributed by atoms with Crippen molar-refractivity contribution in [1.82, 2.24) is 23.6 Å². The van der Waals surface area contributed by atoms with Gasteiger partial charge in [-0.2, -0.15) is 9.85 Å². The van der Waals surface area contributed by atoms with Crippen molar-refractivity contribution in [3.05, 3.63) is 5.69 Å². The van der Waals surface area contributed by atoms with E-state index in [0.29, 0.717) is 0 Å². The Bertz CT molecular complexity index is 519. The second kappa shape index (κ2) is 4.97. The van der Waals surface area contributed by atoms with E-state index in [4.69, 9.17) is 0 Å². The van der Waals surface area contributed by atoms with Gasteiger partial charge in [-0.25, -0.2) is 8.66 Å². The number of anilines is 1. The fourth-order valence-electron chi connectivity index (χ4n) is 1.38. The van der Waals surface area contributed by atoms with Crippen molar-refractivity contribution in [3.63, 3.8) is 0 Å². The lowest BCUT2D eigenvalue weighted by atomic mass is 10.6. The largest absolute Gasteiger partial charge is 0.345 e. The highest BCUT2D eigenvalue weighted by Crippen LogP contribution is 2.38. The number of hydrogen-bond acceptors (Lipinski definition) is 4. The quantitative estimate of drug-likeness (QED) is 0.807. The molecule has 0 amide bonds. The molecule has 2 aromatic heterocycles. The second-order valence-corrected chi connectivity index (χ2v) is 8.40. The molecule has 0 saturated carbocycles. The number of aryl methyl sites for hydroxylation is 2. The van der Waals surface area contributed by atoms with Gasteiger partial charge < -0.3 is 4.90 Å². The molecule has 0 aliphatic carbocycles. The highest BCUT2D eigenvalue weighted by molar-refractivity contribution is 7.74. The third kappa shape index (κ3) is 2.65. The van der Waals surface area contributed by atoms with Gasteiger partial charge in [-0.15, -0.1) is 5.10 Å². The molecule has 0 aliphatic heterocycles. The molecule has 0 aromatic carbocycles. The zero-order valence-electron chi connectivity index (χ0n) is 10.5. The van der Waals surface area contributed by atoms with Crippen LogP contribution >= 0.6 is 24.9 Å². The van der Waals surface area contributed by atoms with Gasteiger partial charge in [-0.05, 0) is 13.6 Å². The van der Waals surface area contributed by atoms with E-state index in [1.807, 2.05) is 34.7 Å². The van der Waals surface area contributed by atoms with E-state index in [1.165, 1.54) is 13.4 Å². The molecule has 17 heavy (non-hydrogen) atoms. The average Bonchev–Trinajstić information content (AvgIpc) is 2.84. The monoisotopic (exact) mass is 288 g/mol. The Kier molecular flexibility index (Phi) is 3.77. The summed E-state index contributed by atoms with van der Waals surface area (Å²) in [6.07, 6.45) is 0. The van der Waals surface area contributed by atoms with Crippen LogP contribution in [0.15, 0.2) is 0 Å². The number of hydrogen-bond donors (Lipinski definition) is 0. The summed E-state index contributed by atoms with van der Waals surface area (Å²) in [4.78, 5) is 1.93. The minimum atomic E-state index is -0.455. The summed E-state index contributed by atoms with van der Waals surface area (Å²) in [5.41, 5.74) is 1.12. The molecule has 0 saturated heterocycles. The lowest BCUT2D eigenvalue weighted by molar-refractivity contribution is 0.825. The van der Waals surface area contributed by atoms with E-state index in [-0.39, 0.29) is 0 Å². The topological polar surface area (TPSA) is 51.8 Å². The molecule has 1 atom stereocenters. The fraction of sp³-hybridized carbons (Fsp3) is 0.625. The SMILES string of the molecule is Cc1nn(C)pc1P(C)n1nc(N(C)C)np1. The van der Waals surface area contributed by atoms with Crippen LogP contribution in [0.1, 0.15) is 5.69 Å². The van der Waals surface area contributed by atoms with Gasteiger partial charge in [0, 0.05) is 29.5 Å². The van der Waals surface area contributed by atoms with E-state index in [0.717, 1.165) is 20.2 Å². The normalized spacial score (nSPS) is 13.7. The Hall–Kier alpha value is -0.560. The molecule has 2 aromatic rings. The van der Waals surface area contributed by atoms with Gasteiger partial charge in [0.15, 0.2) is 8.51 Å². The van der Waals surface area contributed by atoms with E-state index >= 15 is 0 Å². The van der Waals surface area contributed by atoms with Crippen molar-refractivity contribution in [3.8, 4) is 0 Å². The molecule has 0 aliphatic rings. The van der Waals surface area contributed by atoms with Crippen LogP contribution in [0.4, 0.5) is 5.95 Å². The predicted molar refractivity (Wildman–Crippen MR) is 75.2 cm³/mol. The minimum absolute atomic E-state index is 0.455. The Morgan fingerprint density at radius 1 is 1.29 bits per heavy atom. The van der Waals surface area contributed by atoms with E-state index < -0.39 is 8.07 Å². The van der Waals surface area contributed by atoms with Crippen molar-refractivity contribution >= 4 is 35.9 Å². The summed E-state index contributed by atoms with van der Waals surface area (Å²) in [5.74, 6) is 0.791. The van der Waals surface area contributed by atoms with Gasteiger partial charge in [-0.1, -0.05) is 0 Å². The van der Waals surface area contributed by atoms with Crippen LogP contribution < -0.4 is 9.94 Å². The van der Waals surface area contributed by atoms with Crippen LogP contribution in [0.2, 0.25) is 0 Å². The average molecular weight is 288 g/mol. The molecule has 2 rings (SSSR count). The van der Waals surface area contributed by atoms with Crippen LogP contribution in [-0.2, 0) is 7.05 Å².